The fourth-order valence-corrected chi connectivity index (χ4v) is 0.702. The number of aryl methyl sites for hydroxylation is 1. The molecule has 0 amide bonds. The SMILES string of the molecule is [CH2-]CCn1cccc1.[Zn+][Br]. The summed E-state index contributed by atoms with van der Waals surface area (Å²) in [5.41, 5.74) is 0. The monoisotopic (exact) mass is 251 g/mol. The Bertz CT molecular complexity index is 139. The summed E-state index contributed by atoms with van der Waals surface area (Å²) in [5.74, 6) is 0. The van der Waals surface area contributed by atoms with E-state index < -0.39 is 0 Å². The van der Waals surface area contributed by atoms with E-state index in [1.807, 2.05) is 24.5 Å². The van der Waals surface area contributed by atoms with E-state index in [1.54, 1.807) is 0 Å². The van der Waals surface area contributed by atoms with Crippen LogP contribution in [-0.4, -0.2) is 4.57 Å². The van der Waals surface area contributed by atoms with E-state index >= 15 is 0 Å². The van der Waals surface area contributed by atoms with Crippen LogP contribution in [0.2, 0.25) is 0 Å². The molecule has 0 saturated carbocycles. The summed E-state index contributed by atoms with van der Waals surface area (Å²) in [6, 6.07) is 4.05. The molecule has 0 aliphatic carbocycles. The van der Waals surface area contributed by atoms with E-state index in [1.165, 1.54) is 16.3 Å². The first kappa shape index (κ1) is 10.4. The van der Waals surface area contributed by atoms with Crippen LogP contribution in [0, 0.1) is 6.92 Å². The summed E-state index contributed by atoms with van der Waals surface area (Å²) in [6.45, 7) is 4.77. The van der Waals surface area contributed by atoms with Gasteiger partial charge in [0.15, 0.2) is 0 Å². The van der Waals surface area contributed by atoms with Gasteiger partial charge in [0.05, 0.1) is 0 Å². The molecule has 10 heavy (non-hydrogen) atoms. The van der Waals surface area contributed by atoms with Gasteiger partial charge in [-0.3, -0.25) is 0 Å². The molecule has 1 aromatic heterocycles. The van der Waals surface area contributed by atoms with Crippen LogP contribution in [0.3, 0.4) is 0 Å². The van der Waals surface area contributed by atoms with Gasteiger partial charge in [-0.25, -0.2) is 0 Å². The molecule has 52 valence electrons. The van der Waals surface area contributed by atoms with E-state index in [4.69, 9.17) is 0 Å². The third-order valence-electron chi connectivity index (χ3n) is 1.08. The Kier molecular flexibility index (Phi) is 7.78. The standard InChI is InChI=1S/C7H10N.BrH.Zn/c1-2-5-8-6-3-4-7-8;;/h3-4,6-7H,1-2,5H2;1H;/q-1;;+2/p-1. The predicted octanol–water partition coefficient (Wildman–Crippen LogP) is 2.56. The molecule has 1 rings (SSSR count). The van der Waals surface area contributed by atoms with Crippen molar-refractivity contribution in [1.29, 1.82) is 0 Å². The van der Waals surface area contributed by atoms with Crippen LogP contribution < -0.4 is 0 Å². The first-order chi connectivity index (χ1) is 4.93. The molecule has 0 N–H and O–H groups in total. The van der Waals surface area contributed by atoms with Gasteiger partial charge in [-0.15, -0.1) is 0 Å². The Morgan fingerprint density at radius 1 is 1.30 bits per heavy atom. The van der Waals surface area contributed by atoms with Gasteiger partial charge in [0.1, 0.15) is 0 Å². The second kappa shape index (κ2) is 7.49. The fourth-order valence-electron chi connectivity index (χ4n) is 0.702. The summed E-state index contributed by atoms with van der Waals surface area (Å²) in [4.78, 5) is 0. The molecule has 0 fully saturated rings. The topological polar surface area (TPSA) is 4.93 Å². The number of aromatic nitrogens is 1. The number of hydrogen-bond donors (Lipinski definition) is 0. The van der Waals surface area contributed by atoms with Crippen molar-refractivity contribution in [2.24, 2.45) is 0 Å². The Balaban J connectivity index is 0.000000371. The summed E-state index contributed by atoms with van der Waals surface area (Å²) < 4.78 is 2.12. The zero-order valence-corrected chi connectivity index (χ0v) is 10.5. The molecular weight excluding hydrogens is 243 g/mol. The third kappa shape index (κ3) is 4.24. The molecule has 0 saturated heterocycles. The molecule has 0 aromatic carbocycles. The van der Waals surface area contributed by atoms with Crippen LogP contribution >= 0.6 is 13.6 Å². The van der Waals surface area contributed by atoms with Crippen LogP contribution in [0.25, 0.3) is 0 Å². The predicted molar refractivity (Wildman–Crippen MR) is 43.3 cm³/mol. The molecule has 0 aliphatic heterocycles. The van der Waals surface area contributed by atoms with Gasteiger partial charge < -0.3 is 11.5 Å². The van der Waals surface area contributed by atoms with Crippen LogP contribution in [0.4, 0.5) is 0 Å². The Morgan fingerprint density at radius 2 is 1.80 bits per heavy atom. The van der Waals surface area contributed by atoms with Gasteiger partial charge >= 0.3 is 30.0 Å². The van der Waals surface area contributed by atoms with Gasteiger partial charge in [0, 0.05) is 12.4 Å². The van der Waals surface area contributed by atoms with Crippen molar-refractivity contribution < 1.29 is 16.3 Å². The van der Waals surface area contributed by atoms with Gasteiger partial charge in [0.25, 0.3) is 0 Å². The van der Waals surface area contributed by atoms with E-state index in [-0.39, 0.29) is 0 Å². The molecule has 0 spiro atoms. The molecule has 3 heteroatoms. The van der Waals surface area contributed by atoms with Gasteiger partial charge in [0.2, 0.25) is 0 Å². The molecule has 0 unspecified atom stereocenters. The van der Waals surface area contributed by atoms with Crippen LogP contribution in [0.5, 0.6) is 0 Å². The van der Waals surface area contributed by atoms with Crippen LogP contribution in [0.1, 0.15) is 6.42 Å². The molecular formula is C7H10BrNZn. The van der Waals surface area contributed by atoms with Crippen molar-refractivity contribution >= 4 is 13.6 Å². The minimum atomic E-state index is 0.967. The van der Waals surface area contributed by atoms with E-state index in [0.717, 1.165) is 13.0 Å². The first-order valence-corrected chi connectivity index (χ1v) is 10.0. The summed E-state index contributed by atoms with van der Waals surface area (Å²) in [5, 5.41) is 0. The van der Waals surface area contributed by atoms with E-state index in [9.17, 15) is 0 Å². The van der Waals surface area contributed by atoms with Crippen molar-refractivity contribution in [2.45, 2.75) is 13.0 Å². The van der Waals surface area contributed by atoms with Crippen molar-refractivity contribution in [3.05, 3.63) is 31.5 Å². The second-order valence-corrected chi connectivity index (χ2v) is 1.77. The van der Waals surface area contributed by atoms with Crippen LogP contribution in [0.15, 0.2) is 24.5 Å². The van der Waals surface area contributed by atoms with Crippen molar-refractivity contribution in [3.63, 3.8) is 0 Å². The molecule has 0 bridgehead atoms. The number of hydrogen-bond acceptors (Lipinski definition) is 0. The third-order valence-corrected chi connectivity index (χ3v) is 1.08. The summed E-state index contributed by atoms with van der Waals surface area (Å²) in [6.07, 6.45) is 5.06. The zero-order valence-electron chi connectivity index (χ0n) is 5.96. The Morgan fingerprint density at radius 3 is 2.20 bits per heavy atom. The average Bonchev–Trinajstić information content (AvgIpc) is 2.46. The first-order valence-electron chi connectivity index (χ1n) is 3.10. The van der Waals surface area contributed by atoms with Gasteiger partial charge in [-0.1, -0.05) is 0 Å². The number of rotatable bonds is 2. The summed E-state index contributed by atoms with van der Waals surface area (Å²) >= 11 is 4.25. The Hall–Kier alpha value is 0.383. The van der Waals surface area contributed by atoms with Gasteiger partial charge in [-0.2, -0.15) is 6.42 Å². The summed E-state index contributed by atoms with van der Waals surface area (Å²) in [7, 11) is 0. The van der Waals surface area contributed by atoms with Crippen molar-refractivity contribution in [2.75, 3.05) is 0 Å². The van der Waals surface area contributed by atoms with Crippen molar-refractivity contribution in [1.82, 2.24) is 4.57 Å². The fraction of sp³-hybridized carbons (Fsp3) is 0.286. The number of nitrogens with zero attached hydrogens (tertiary/aromatic N) is 1. The minimum absolute atomic E-state index is 0.967. The van der Waals surface area contributed by atoms with E-state index in [2.05, 4.69) is 25.1 Å². The molecule has 0 aliphatic rings. The maximum atomic E-state index is 3.74. The normalized spacial score (nSPS) is 8.40. The van der Waals surface area contributed by atoms with Crippen molar-refractivity contribution in [3.8, 4) is 0 Å². The number of halogens is 1. The molecule has 1 aromatic rings. The molecule has 1 nitrogen and oxygen atoms in total. The molecule has 1 heterocycles. The molecule has 0 atom stereocenters. The van der Waals surface area contributed by atoms with Crippen LogP contribution in [-0.2, 0) is 22.9 Å². The quantitative estimate of drug-likeness (QED) is 0.564. The molecule has 0 radical (unpaired) electrons. The van der Waals surface area contributed by atoms with Gasteiger partial charge in [-0.05, 0) is 18.7 Å². The average molecular weight is 253 g/mol. The zero-order chi connectivity index (χ0) is 7.82. The van der Waals surface area contributed by atoms with E-state index in [0.29, 0.717) is 0 Å². The second-order valence-electron chi connectivity index (χ2n) is 1.77. The Labute approximate surface area is 78.8 Å². The maximum absolute atomic E-state index is 3.74.